The molecule has 2 aliphatic heterocycles. The normalized spacial score (nSPS) is 23.6. The van der Waals surface area contributed by atoms with Gasteiger partial charge in [-0.2, -0.15) is 0 Å². The highest BCUT2D eigenvalue weighted by Gasteiger charge is 2.32. The molecule has 0 bridgehead atoms. The molecule has 0 aromatic heterocycles. The molecule has 0 amide bonds. The predicted octanol–water partition coefficient (Wildman–Crippen LogP) is 4.61. The van der Waals surface area contributed by atoms with E-state index in [4.69, 9.17) is 14.5 Å². The molecule has 0 radical (unpaired) electrons. The van der Waals surface area contributed by atoms with Crippen molar-refractivity contribution in [3.05, 3.63) is 65.2 Å². The van der Waals surface area contributed by atoms with E-state index in [9.17, 15) is 0 Å². The first-order valence-electron chi connectivity index (χ1n) is 9.81. The Bertz CT molecular complexity index is 918. The Morgan fingerprint density at radius 2 is 1.89 bits per heavy atom. The Morgan fingerprint density at radius 1 is 1.04 bits per heavy atom. The van der Waals surface area contributed by atoms with Gasteiger partial charge in [-0.05, 0) is 61.6 Å². The van der Waals surface area contributed by atoms with E-state index in [2.05, 4.69) is 54.3 Å². The molecule has 2 atom stereocenters. The Balaban J connectivity index is 1.56. The fourth-order valence-corrected chi connectivity index (χ4v) is 4.49. The topological polar surface area (TPSA) is 34.1 Å². The van der Waals surface area contributed by atoms with Crippen LogP contribution in [0.15, 0.2) is 53.5 Å². The summed E-state index contributed by atoms with van der Waals surface area (Å²) in [5.74, 6) is 1.66. The minimum Gasteiger partial charge on any atom is -0.486 e. The van der Waals surface area contributed by atoms with Crippen LogP contribution in [0.3, 0.4) is 0 Å². The number of allylic oxidation sites excluding steroid dienone is 1. The van der Waals surface area contributed by atoms with Crippen molar-refractivity contribution < 1.29 is 9.47 Å². The van der Waals surface area contributed by atoms with Crippen LogP contribution in [0.2, 0.25) is 0 Å². The van der Waals surface area contributed by atoms with Crippen molar-refractivity contribution in [1.82, 2.24) is 4.90 Å². The Kier molecular flexibility index (Phi) is 4.12. The highest BCUT2D eigenvalue weighted by atomic mass is 16.6. The number of nitrogens with zero attached hydrogens (tertiary/aromatic N) is 2. The van der Waals surface area contributed by atoms with E-state index >= 15 is 0 Å². The van der Waals surface area contributed by atoms with Crippen LogP contribution in [-0.2, 0) is 6.42 Å². The average Bonchev–Trinajstić information content (AvgIpc) is 2.73. The number of hydrogen-bond acceptors (Lipinski definition) is 4. The minimum atomic E-state index is 0.106. The molecule has 1 unspecified atom stereocenters. The number of fused-ring (bicyclic) bond motifs is 2. The third-order valence-electron chi connectivity index (χ3n) is 5.73. The van der Waals surface area contributed by atoms with E-state index in [-0.39, 0.29) is 6.17 Å². The molecule has 0 spiro atoms. The summed E-state index contributed by atoms with van der Waals surface area (Å²) in [6.45, 7) is 3.40. The first-order valence-corrected chi connectivity index (χ1v) is 9.81. The zero-order valence-electron chi connectivity index (χ0n) is 15.6. The highest BCUT2D eigenvalue weighted by molar-refractivity contribution is 5.86. The van der Waals surface area contributed by atoms with E-state index in [1.54, 1.807) is 0 Å². The van der Waals surface area contributed by atoms with Gasteiger partial charge in [-0.25, -0.2) is 0 Å². The van der Waals surface area contributed by atoms with Crippen molar-refractivity contribution in [2.75, 3.05) is 13.2 Å². The fourth-order valence-electron chi connectivity index (χ4n) is 4.49. The third kappa shape index (κ3) is 2.89. The molecule has 2 heterocycles. The lowest BCUT2D eigenvalue weighted by atomic mass is 9.85. The number of ether oxygens (including phenoxy) is 2. The van der Waals surface area contributed by atoms with E-state index in [0.29, 0.717) is 19.3 Å². The van der Waals surface area contributed by atoms with Gasteiger partial charge in [0.15, 0.2) is 11.5 Å². The number of aliphatic imine (C=N–C) groups is 1. The van der Waals surface area contributed by atoms with Crippen LogP contribution in [0.25, 0.3) is 5.70 Å². The lowest BCUT2D eigenvalue weighted by molar-refractivity contribution is 0.171. The molecule has 27 heavy (non-hydrogen) atoms. The molecule has 0 N–H and O–H groups in total. The van der Waals surface area contributed by atoms with Crippen LogP contribution in [-0.4, -0.2) is 30.5 Å². The quantitative estimate of drug-likeness (QED) is 0.784. The SMILES string of the molecule is CC1N=CC=C(c2ccc3c(c2)OCCO3)N1[C@@H]1CCCc2ccccc21. The Labute approximate surface area is 160 Å². The van der Waals surface area contributed by atoms with Gasteiger partial charge in [0.1, 0.15) is 19.4 Å². The molecule has 2 aromatic carbocycles. The van der Waals surface area contributed by atoms with Gasteiger partial charge in [-0.15, -0.1) is 0 Å². The van der Waals surface area contributed by atoms with Crippen LogP contribution in [0.4, 0.5) is 0 Å². The Hall–Kier alpha value is -2.75. The second-order valence-corrected chi connectivity index (χ2v) is 7.35. The summed E-state index contributed by atoms with van der Waals surface area (Å²) in [5.41, 5.74) is 5.27. The van der Waals surface area contributed by atoms with Gasteiger partial charge >= 0.3 is 0 Å². The number of benzene rings is 2. The summed E-state index contributed by atoms with van der Waals surface area (Å²) in [7, 11) is 0. The van der Waals surface area contributed by atoms with Crippen LogP contribution in [0, 0.1) is 0 Å². The van der Waals surface area contributed by atoms with Crippen molar-refractivity contribution in [2.45, 2.75) is 38.4 Å². The highest BCUT2D eigenvalue weighted by Crippen LogP contribution is 2.42. The van der Waals surface area contributed by atoms with Gasteiger partial charge in [0.2, 0.25) is 0 Å². The fraction of sp³-hybridized carbons (Fsp3) is 0.348. The first kappa shape index (κ1) is 16.4. The zero-order valence-corrected chi connectivity index (χ0v) is 15.6. The molecule has 3 aliphatic rings. The molecule has 0 saturated heterocycles. The lowest BCUT2D eigenvalue weighted by Crippen LogP contribution is -2.37. The van der Waals surface area contributed by atoms with Crippen molar-refractivity contribution in [3.8, 4) is 11.5 Å². The summed E-state index contributed by atoms with van der Waals surface area (Å²) in [4.78, 5) is 7.17. The van der Waals surface area contributed by atoms with E-state index in [0.717, 1.165) is 23.5 Å². The van der Waals surface area contributed by atoms with Gasteiger partial charge in [0, 0.05) is 17.5 Å². The molecule has 4 heteroatoms. The minimum absolute atomic E-state index is 0.106. The maximum absolute atomic E-state index is 5.81. The average molecular weight is 360 g/mol. The molecule has 0 saturated carbocycles. The Morgan fingerprint density at radius 3 is 2.81 bits per heavy atom. The van der Waals surface area contributed by atoms with E-state index < -0.39 is 0 Å². The molecule has 1 aliphatic carbocycles. The monoisotopic (exact) mass is 360 g/mol. The van der Waals surface area contributed by atoms with Crippen molar-refractivity contribution in [3.63, 3.8) is 0 Å². The van der Waals surface area contributed by atoms with Crippen molar-refractivity contribution in [1.29, 1.82) is 0 Å². The van der Waals surface area contributed by atoms with Crippen LogP contribution in [0.1, 0.15) is 42.5 Å². The smallest absolute Gasteiger partial charge is 0.162 e. The molecule has 2 aromatic rings. The van der Waals surface area contributed by atoms with Crippen LogP contribution in [0.5, 0.6) is 11.5 Å². The molecule has 5 rings (SSSR count). The molecular weight excluding hydrogens is 336 g/mol. The van der Waals surface area contributed by atoms with Crippen molar-refractivity contribution in [2.24, 2.45) is 4.99 Å². The van der Waals surface area contributed by atoms with E-state index in [1.807, 2.05) is 12.3 Å². The van der Waals surface area contributed by atoms with Gasteiger partial charge in [0.05, 0.1) is 6.04 Å². The number of hydrogen-bond donors (Lipinski definition) is 0. The largest absolute Gasteiger partial charge is 0.486 e. The second-order valence-electron chi connectivity index (χ2n) is 7.35. The van der Waals surface area contributed by atoms with Crippen LogP contribution < -0.4 is 9.47 Å². The number of aryl methyl sites for hydroxylation is 1. The van der Waals surface area contributed by atoms with E-state index in [1.165, 1.54) is 29.7 Å². The van der Waals surface area contributed by atoms with Gasteiger partial charge in [-0.3, -0.25) is 4.99 Å². The maximum atomic E-state index is 5.81. The summed E-state index contributed by atoms with van der Waals surface area (Å²) in [6, 6.07) is 15.5. The molecule has 138 valence electrons. The maximum Gasteiger partial charge on any atom is 0.162 e. The third-order valence-corrected chi connectivity index (χ3v) is 5.73. The molecule has 4 nitrogen and oxygen atoms in total. The molecular formula is C23H24N2O2. The summed E-state index contributed by atoms with van der Waals surface area (Å²) in [5, 5.41) is 0. The lowest BCUT2D eigenvalue weighted by Gasteiger charge is -2.42. The van der Waals surface area contributed by atoms with Crippen LogP contribution >= 0.6 is 0 Å². The van der Waals surface area contributed by atoms with Gasteiger partial charge in [0.25, 0.3) is 0 Å². The van der Waals surface area contributed by atoms with Crippen molar-refractivity contribution >= 4 is 11.9 Å². The standard InChI is InChI=1S/C23H24N2O2/c1-16-24-12-11-20(18-9-10-22-23(15-18)27-14-13-26-22)25(16)21-8-4-6-17-5-2-3-7-19(17)21/h2-3,5,7,9-12,15-16,21H,4,6,8,13-14H2,1H3/t16?,21-/m1/s1. The molecule has 0 fully saturated rings. The van der Waals surface area contributed by atoms with Gasteiger partial charge in [-0.1, -0.05) is 24.3 Å². The number of rotatable bonds is 2. The zero-order chi connectivity index (χ0) is 18.2. The second kappa shape index (κ2) is 6.76. The first-order chi connectivity index (χ1) is 13.3. The predicted molar refractivity (Wildman–Crippen MR) is 107 cm³/mol. The summed E-state index contributed by atoms with van der Waals surface area (Å²) >= 11 is 0. The van der Waals surface area contributed by atoms with Gasteiger partial charge < -0.3 is 14.4 Å². The summed E-state index contributed by atoms with van der Waals surface area (Å²) < 4.78 is 11.5. The summed E-state index contributed by atoms with van der Waals surface area (Å²) in [6.07, 6.45) is 7.70.